The first-order chi connectivity index (χ1) is 48.7. The molecule has 6 aromatic rings. The molecule has 4 aliphatic heterocycles. The Bertz CT molecular complexity index is 2760. The van der Waals surface area contributed by atoms with Crippen LogP contribution < -0.4 is 0 Å². The van der Waals surface area contributed by atoms with Gasteiger partial charge in [-0.25, -0.2) is 0 Å². The zero-order valence-electron chi connectivity index (χ0n) is 63.2. The highest BCUT2D eigenvalue weighted by atomic mass is 16.3. The molecule has 0 atom stereocenters. The molecule has 4 saturated heterocycles. The number of nitrogens with zero attached hydrogens (tertiary/aromatic N) is 4. The molecular formula is C93H140N4O2. The lowest BCUT2D eigenvalue weighted by atomic mass is 9.86. The molecule has 4 aliphatic rings. The van der Waals surface area contributed by atoms with Crippen molar-refractivity contribution in [1.82, 2.24) is 19.6 Å². The predicted octanol–water partition coefficient (Wildman–Crippen LogP) is 22.5. The van der Waals surface area contributed by atoms with Crippen molar-refractivity contribution >= 4 is 5.78 Å². The highest BCUT2D eigenvalue weighted by molar-refractivity contribution is 5.78. The van der Waals surface area contributed by atoms with Crippen molar-refractivity contribution in [2.45, 2.75) is 263 Å². The van der Waals surface area contributed by atoms with E-state index in [4.69, 9.17) is 0 Å². The van der Waals surface area contributed by atoms with Crippen molar-refractivity contribution in [2.75, 3.05) is 78.5 Å². The maximum absolute atomic E-state index is 11.9. The summed E-state index contributed by atoms with van der Waals surface area (Å²) >= 11 is 0. The number of rotatable bonds is 40. The number of hydrogen-bond acceptors (Lipinski definition) is 6. The van der Waals surface area contributed by atoms with Crippen molar-refractivity contribution in [2.24, 2.45) is 17.8 Å². The minimum Gasteiger partial charge on any atom is -0.390 e. The molecule has 0 amide bonds. The summed E-state index contributed by atoms with van der Waals surface area (Å²) in [6.07, 6.45) is 44.3. The van der Waals surface area contributed by atoms with Crippen molar-refractivity contribution in [3.63, 3.8) is 0 Å². The first kappa shape index (κ1) is 81.1. The quantitative estimate of drug-likeness (QED) is 0.0387. The van der Waals surface area contributed by atoms with E-state index in [-0.39, 0.29) is 0 Å². The van der Waals surface area contributed by atoms with Crippen molar-refractivity contribution < 1.29 is 9.90 Å². The third-order valence-electron chi connectivity index (χ3n) is 22.7. The van der Waals surface area contributed by atoms with E-state index >= 15 is 0 Å². The predicted molar refractivity (Wildman–Crippen MR) is 426 cm³/mol. The number of hydrogen-bond donors (Lipinski definition) is 1. The van der Waals surface area contributed by atoms with Crippen LogP contribution in [0.15, 0.2) is 182 Å². The van der Waals surface area contributed by atoms with Gasteiger partial charge in [0.25, 0.3) is 0 Å². The van der Waals surface area contributed by atoms with Crippen molar-refractivity contribution in [3.05, 3.63) is 215 Å². The zero-order valence-corrected chi connectivity index (χ0v) is 63.2. The second-order valence-electron chi connectivity index (χ2n) is 30.7. The van der Waals surface area contributed by atoms with Crippen LogP contribution in [-0.2, 0) is 36.9 Å². The second-order valence-corrected chi connectivity index (χ2v) is 30.7. The van der Waals surface area contributed by atoms with E-state index < -0.39 is 5.60 Å². The van der Waals surface area contributed by atoms with Gasteiger partial charge in [-0.15, -0.1) is 0 Å². The number of carbonyl (C=O) groups excluding carboxylic acids is 1. The van der Waals surface area contributed by atoms with Crippen LogP contribution in [-0.4, -0.2) is 115 Å². The molecule has 0 radical (unpaired) electrons. The lowest BCUT2D eigenvalue weighted by Crippen LogP contribution is -2.39. The third kappa shape index (κ3) is 36.0. The van der Waals surface area contributed by atoms with Crippen LogP contribution >= 0.6 is 0 Å². The van der Waals surface area contributed by atoms with E-state index in [1.54, 1.807) is 0 Å². The number of unbranched alkanes of at least 4 members (excludes halogenated alkanes) is 7. The molecule has 4 fully saturated rings. The normalized spacial score (nSPS) is 16.4. The van der Waals surface area contributed by atoms with Crippen molar-refractivity contribution in [1.29, 1.82) is 0 Å². The summed E-state index contributed by atoms with van der Waals surface area (Å²) in [5.74, 6) is 4.00. The van der Waals surface area contributed by atoms with Crippen molar-refractivity contribution in [3.8, 4) is 0 Å². The number of piperidine rings is 4. The Labute approximate surface area is 607 Å². The van der Waals surface area contributed by atoms with E-state index in [0.717, 1.165) is 75.3 Å². The lowest BCUT2D eigenvalue weighted by Gasteiger charge is -2.35. The molecule has 6 nitrogen and oxygen atoms in total. The third-order valence-corrected chi connectivity index (χ3v) is 22.7. The Morgan fingerprint density at radius 2 is 0.636 bits per heavy atom. The average Bonchev–Trinajstić information content (AvgIpc) is 1.57. The average molecular weight is 1350 g/mol. The molecule has 0 aromatic heterocycles. The molecule has 6 heteroatoms. The van der Waals surface area contributed by atoms with Crippen LogP contribution in [0.4, 0.5) is 0 Å². The molecule has 0 spiro atoms. The van der Waals surface area contributed by atoms with E-state index in [1.165, 1.54) is 291 Å². The molecule has 0 bridgehead atoms. The number of Topliss-reactive ketones (excluding diaryl/α,β-unsaturated/α-hetero) is 1. The van der Waals surface area contributed by atoms with E-state index in [2.05, 4.69) is 222 Å². The molecule has 0 saturated carbocycles. The minimum absolute atomic E-state index is 0.420. The Morgan fingerprint density at radius 3 is 1.02 bits per heavy atom. The Kier molecular flexibility index (Phi) is 41.8. The van der Waals surface area contributed by atoms with E-state index in [0.29, 0.717) is 5.78 Å². The topological polar surface area (TPSA) is 50.3 Å². The van der Waals surface area contributed by atoms with Gasteiger partial charge in [-0.1, -0.05) is 273 Å². The van der Waals surface area contributed by atoms with Crippen LogP contribution in [0.1, 0.15) is 259 Å². The van der Waals surface area contributed by atoms with Gasteiger partial charge in [0.1, 0.15) is 5.78 Å². The molecule has 0 unspecified atom stereocenters. The fourth-order valence-electron chi connectivity index (χ4n) is 16.0. The summed E-state index contributed by atoms with van der Waals surface area (Å²) in [6, 6.07) is 65.5. The summed E-state index contributed by atoms with van der Waals surface area (Å²) in [7, 11) is 0. The summed E-state index contributed by atoms with van der Waals surface area (Å²) in [5, 5.41) is 11.2. The number of aliphatic hydroxyl groups is 1. The number of benzene rings is 6. The first-order valence-electron chi connectivity index (χ1n) is 41.1. The van der Waals surface area contributed by atoms with Gasteiger partial charge in [0.05, 0.1) is 5.60 Å². The Hall–Kier alpha value is -5.21. The summed E-state index contributed by atoms with van der Waals surface area (Å²) in [5.41, 5.74) is 8.52. The maximum Gasteiger partial charge on any atom is 0.134 e. The number of ketones is 1. The standard InChI is InChI=1S/C27H47NO.C23H31N.C22H35NO.C21H27N/c1-3-5-10-19-27(29,20-11-6-4-2)21-24-28-22-17-26(18-23-28)16-12-15-25-13-8-7-9-14-25;1-3-9-21(10-4-1)13-7-14-23-16-19-24(20-17-23)18-8-15-22-11-5-2-6-12-22;1-2-3-5-13-22(24)16-19-23-17-14-21(15-18-23)12-8-11-20-9-6-4-7-10-20;1-3-9-19(10-4-1)11-7-8-16-22-17-14-21(15-18-22)20-12-5-2-6-13-20/h7-9,13-14,26,29H,3-6,10-12,15-24H2,1-2H3;1-6,9-12,23H,7-8,13-20H2;4,6-7,9-10,21H,2-3,5,8,11-19H2,1H3;1-6,9-10,12-13,21H,7-8,11,14-18H2. The molecule has 99 heavy (non-hydrogen) atoms. The summed E-state index contributed by atoms with van der Waals surface area (Å²) < 4.78 is 0. The lowest BCUT2D eigenvalue weighted by molar-refractivity contribution is -0.119. The summed E-state index contributed by atoms with van der Waals surface area (Å²) in [4.78, 5) is 22.3. The van der Waals surface area contributed by atoms with Crippen LogP contribution in [0.2, 0.25) is 0 Å². The highest BCUT2D eigenvalue weighted by Crippen LogP contribution is 2.31. The number of carbonyl (C=O) groups is 1. The second kappa shape index (κ2) is 51.0. The van der Waals surface area contributed by atoms with Gasteiger partial charge in [0.2, 0.25) is 0 Å². The number of likely N-dealkylation sites (tertiary alicyclic amines) is 4. The van der Waals surface area contributed by atoms with Gasteiger partial charge in [0, 0.05) is 25.9 Å². The maximum atomic E-state index is 11.9. The molecule has 6 aromatic carbocycles. The minimum atomic E-state index is -0.420. The fraction of sp³-hybridized carbons (Fsp3) is 0.602. The summed E-state index contributed by atoms with van der Waals surface area (Å²) in [6.45, 7) is 21.3. The molecule has 1 N–H and O–H groups in total. The molecular weight excluding hydrogens is 1210 g/mol. The molecule has 4 heterocycles. The molecule has 0 aliphatic carbocycles. The Morgan fingerprint density at radius 1 is 0.323 bits per heavy atom. The van der Waals surface area contributed by atoms with Gasteiger partial charge in [-0.05, 0) is 270 Å². The van der Waals surface area contributed by atoms with Gasteiger partial charge >= 0.3 is 0 Å². The van der Waals surface area contributed by atoms with Gasteiger partial charge in [-0.3, -0.25) is 4.79 Å². The van der Waals surface area contributed by atoms with Crippen LogP contribution in [0, 0.1) is 17.8 Å². The van der Waals surface area contributed by atoms with Gasteiger partial charge in [0.15, 0.2) is 0 Å². The highest BCUT2D eigenvalue weighted by Gasteiger charge is 2.28. The van der Waals surface area contributed by atoms with Crippen LogP contribution in [0.25, 0.3) is 0 Å². The van der Waals surface area contributed by atoms with Gasteiger partial charge in [-0.2, -0.15) is 0 Å². The van der Waals surface area contributed by atoms with E-state index in [9.17, 15) is 9.90 Å². The monoisotopic (exact) mass is 1350 g/mol. The first-order valence-corrected chi connectivity index (χ1v) is 41.1. The van der Waals surface area contributed by atoms with Crippen LogP contribution in [0.5, 0.6) is 0 Å². The number of aryl methyl sites for hydroxylation is 5. The molecule has 10 rings (SSSR count). The molecule has 544 valence electrons. The fourth-order valence-corrected chi connectivity index (χ4v) is 16.0. The zero-order chi connectivity index (χ0) is 69.3. The smallest absolute Gasteiger partial charge is 0.134 e. The Balaban J connectivity index is 0.000000186. The SMILES string of the molecule is CCCCCC(=O)CCN1CCC(CCCc2ccccc2)CC1.CCCCCC(O)(CCCCC)CCN1CCC(CCCc2ccccc2)CC1.c1ccc(CCCC2CCN(CCCc3ccccc3)CC2)cc1.c1ccc(CCCCN2CCC(c3ccccc3)CC2)cc1. The largest absolute Gasteiger partial charge is 0.390 e. The van der Waals surface area contributed by atoms with E-state index in [1.807, 2.05) is 0 Å². The van der Waals surface area contributed by atoms with Crippen LogP contribution in [0.3, 0.4) is 0 Å². The van der Waals surface area contributed by atoms with Gasteiger partial charge < -0.3 is 24.7 Å².